The molecule has 84 valence electrons. The molecule has 15 heavy (non-hydrogen) atoms. The Bertz CT molecular complexity index is 291. The summed E-state index contributed by atoms with van der Waals surface area (Å²) in [4.78, 5) is 6.76. The maximum absolute atomic E-state index is 5.88. The predicted molar refractivity (Wildman–Crippen MR) is 64.1 cm³/mol. The van der Waals surface area contributed by atoms with Crippen LogP contribution in [0.3, 0.4) is 0 Å². The Hall–Kier alpha value is -0.640. The van der Waals surface area contributed by atoms with Crippen molar-refractivity contribution in [3.05, 3.63) is 30.1 Å². The largest absolute Gasteiger partial charge is 0.326 e. The van der Waals surface area contributed by atoms with E-state index in [9.17, 15) is 0 Å². The maximum atomic E-state index is 5.88. The van der Waals surface area contributed by atoms with Crippen LogP contribution in [-0.4, -0.2) is 29.0 Å². The van der Waals surface area contributed by atoms with Gasteiger partial charge in [-0.25, -0.2) is 0 Å². The second kappa shape index (κ2) is 5.45. The highest BCUT2D eigenvalue weighted by Gasteiger charge is 2.24. The average molecular weight is 228 g/mol. The van der Waals surface area contributed by atoms with Crippen LogP contribution in [0.15, 0.2) is 24.4 Å². The van der Waals surface area contributed by atoms with Gasteiger partial charge in [0.15, 0.2) is 0 Å². The number of aromatic nitrogens is 1. The summed E-state index contributed by atoms with van der Waals surface area (Å²) in [5.41, 5.74) is 7.02. The molecule has 1 aromatic heterocycles. The molecule has 2 heterocycles. The van der Waals surface area contributed by atoms with Crippen LogP contribution in [-0.2, 0) is 0 Å². The van der Waals surface area contributed by atoms with Gasteiger partial charge in [-0.15, -0.1) is 12.4 Å². The molecular formula is C11H18ClN3. The van der Waals surface area contributed by atoms with Crippen molar-refractivity contribution in [3.8, 4) is 0 Å². The quantitative estimate of drug-likeness (QED) is 0.835. The molecule has 3 nitrogen and oxygen atoms in total. The molecule has 2 atom stereocenters. The third-order valence-corrected chi connectivity index (χ3v) is 2.92. The average Bonchev–Trinajstić information content (AvgIpc) is 2.65. The molecule has 0 spiro atoms. The van der Waals surface area contributed by atoms with E-state index in [-0.39, 0.29) is 12.4 Å². The summed E-state index contributed by atoms with van der Waals surface area (Å²) in [6, 6.07) is 6.81. The number of pyridine rings is 1. The van der Waals surface area contributed by atoms with Gasteiger partial charge in [0, 0.05) is 31.4 Å². The van der Waals surface area contributed by atoms with Crippen LogP contribution in [0.4, 0.5) is 0 Å². The van der Waals surface area contributed by atoms with Gasteiger partial charge < -0.3 is 5.73 Å². The number of hydrogen-bond acceptors (Lipinski definition) is 3. The first-order valence-electron chi connectivity index (χ1n) is 5.18. The number of nitrogens with two attached hydrogens (primary N) is 1. The van der Waals surface area contributed by atoms with E-state index in [4.69, 9.17) is 5.73 Å². The van der Waals surface area contributed by atoms with E-state index in [0.717, 1.165) is 25.2 Å². The third-order valence-electron chi connectivity index (χ3n) is 2.92. The lowest BCUT2D eigenvalue weighted by Gasteiger charge is -2.23. The summed E-state index contributed by atoms with van der Waals surface area (Å²) in [5.74, 6) is 0. The fourth-order valence-electron chi connectivity index (χ4n) is 1.98. The van der Waals surface area contributed by atoms with Crippen LogP contribution in [0.1, 0.15) is 25.1 Å². The molecule has 0 bridgehead atoms. The number of hydrogen-bond donors (Lipinski definition) is 1. The standard InChI is InChI=1S/C11H17N3.ClH/c1-9(11-4-2-3-6-13-11)14-7-5-10(12)8-14;/h2-4,6,9-10H,5,7-8,12H2,1H3;1H/t9?,10-;/m1./s1. The molecule has 4 heteroatoms. The normalized spacial score (nSPS) is 23.5. The molecule has 1 aromatic rings. The van der Waals surface area contributed by atoms with Crippen molar-refractivity contribution in [1.29, 1.82) is 0 Å². The lowest BCUT2D eigenvalue weighted by molar-refractivity contribution is 0.255. The van der Waals surface area contributed by atoms with Gasteiger partial charge in [0.25, 0.3) is 0 Å². The highest BCUT2D eigenvalue weighted by molar-refractivity contribution is 5.85. The molecule has 0 saturated carbocycles. The Kier molecular flexibility index (Phi) is 4.51. The minimum Gasteiger partial charge on any atom is -0.326 e. The van der Waals surface area contributed by atoms with Gasteiger partial charge in [-0.1, -0.05) is 6.07 Å². The zero-order chi connectivity index (χ0) is 9.97. The molecule has 2 rings (SSSR count). The molecule has 0 aromatic carbocycles. The molecule has 2 N–H and O–H groups in total. The molecule has 1 fully saturated rings. The summed E-state index contributed by atoms with van der Waals surface area (Å²) in [7, 11) is 0. The van der Waals surface area contributed by atoms with E-state index in [1.807, 2.05) is 18.3 Å². The molecule has 0 amide bonds. The van der Waals surface area contributed by atoms with Gasteiger partial charge in [-0.3, -0.25) is 9.88 Å². The summed E-state index contributed by atoms with van der Waals surface area (Å²) in [5, 5.41) is 0. The summed E-state index contributed by atoms with van der Waals surface area (Å²) >= 11 is 0. The van der Waals surface area contributed by atoms with Crippen LogP contribution >= 0.6 is 12.4 Å². The van der Waals surface area contributed by atoms with Crippen molar-refractivity contribution in [2.75, 3.05) is 13.1 Å². The maximum Gasteiger partial charge on any atom is 0.0572 e. The van der Waals surface area contributed by atoms with Crippen molar-refractivity contribution < 1.29 is 0 Å². The number of rotatable bonds is 2. The topological polar surface area (TPSA) is 42.2 Å². The van der Waals surface area contributed by atoms with Gasteiger partial charge >= 0.3 is 0 Å². The fourth-order valence-corrected chi connectivity index (χ4v) is 1.98. The lowest BCUT2D eigenvalue weighted by Crippen LogP contribution is -2.29. The SMILES string of the molecule is CC(c1ccccn1)N1CC[C@@H](N)C1.Cl. The lowest BCUT2D eigenvalue weighted by atomic mass is 10.2. The Morgan fingerprint density at radius 2 is 2.33 bits per heavy atom. The van der Waals surface area contributed by atoms with E-state index >= 15 is 0 Å². The first kappa shape index (κ1) is 12.4. The first-order valence-corrected chi connectivity index (χ1v) is 5.18. The predicted octanol–water partition coefficient (Wildman–Crippen LogP) is 1.60. The van der Waals surface area contributed by atoms with Crippen LogP contribution in [0.25, 0.3) is 0 Å². The Balaban J connectivity index is 0.00000112. The van der Waals surface area contributed by atoms with Gasteiger partial charge in [0.05, 0.1) is 5.69 Å². The number of nitrogens with zero attached hydrogens (tertiary/aromatic N) is 2. The molecule has 1 aliphatic rings. The fraction of sp³-hybridized carbons (Fsp3) is 0.545. The number of halogens is 1. The number of likely N-dealkylation sites (tertiary alicyclic amines) is 1. The van der Waals surface area contributed by atoms with Crippen molar-refractivity contribution in [2.45, 2.75) is 25.4 Å². The Labute approximate surface area is 97.1 Å². The van der Waals surface area contributed by atoms with E-state index in [2.05, 4.69) is 22.9 Å². The van der Waals surface area contributed by atoms with Crippen molar-refractivity contribution in [3.63, 3.8) is 0 Å². The van der Waals surface area contributed by atoms with Gasteiger partial charge in [-0.05, 0) is 25.5 Å². The minimum absolute atomic E-state index is 0. The van der Waals surface area contributed by atoms with E-state index < -0.39 is 0 Å². The van der Waals surface area contributed by atoms with Gasteiger partial charge in [0.2, 0.25) is 0 Å². The summed E-state index contributed by atoms with van der Waals surface area (Å²) in [6.45, 7) is 4.29. The minimum atomic E-state index is 0. The van der Waals surface area contributed by atoms with Crippen LogP contribution in [0.5, 0.6) is 0 Å². The molecule has 1 saturated heterocycles. The van der Waals surface area contributed by atoms with Crippen LogP contribution in [0.2, 0.25) is 0 Å². The molecule has 0 aliphatic carbocycles. The highest BCUT2D eigenvalue weighted by Crippen LogP contribution is 2.21. The third kappa shape index (κ3) is 2.91. The van der Waals surface area contributed by atoms with E-state index in [1.165, 1.54) is 0 Å². The van der Waals surface area contributed by atoms with Crippen LogP contribution < -0.4 is 5.73 Å². The second-order valence-corrected chi connectivity index (χ2v) is 3.97. The van der Waals surface area contributed by atoms with Gasteiger partial charge in [0.1, 0.15) is 0 Å². The van der Waals surface area contributed by atoms with E-state index in [0.29, 0.717) is 12.1 Å². The van der Waals surface area contributed by atoms with Crippen LogP contribution in [0, 0.1) is 0 Å². The summed E-state index contributed by atoms with van der Waals surface area (Å²) in [6.07, 6.45) is 2.96. The Morgan fingerprint density at radius 3 is 2.87 bits per heavy atom. The zero-order valence-electron chi connectivity index (χ0n) is 8.97. The molecule has 1 unspecified atom stereocenters. The van der Waals surface area contributed by atoms with Gasteiger partial charge in [-0.2, -0.15) is 0 Å². The van der Waals surface area contributed by atoms with E-state index in [1.54, 1.807) is 0 Å². The molecular weight excluding hydrogens is 210 g/mol. The zero-order valence-corrected chi connectivity index (χ0v) is 9.78. The first-order chi connectivity index (χ1) is 6.77. The van der Waals surface area contributed by atoms with Crippen molar-refractivity contribution >= 4 is 12.4 Å². The molecule has 1 aliphatic heterocycles. The van der Waals surface area contributed by atoms with Crippen molar-refractivity contribution in [1.82, 2.24) is 9.88 Å². The smallest absolute Gasteiger partial charge is 0.0572 e. The Morgan fingerprint density at radius 1 is 1.53 bits per heavy atom. The second-order valence-electron chi connectivity index (χ2n) is 3.97. The monoisotopic (exact) mass is 227 g/mol. The summed E-state index contributed by atoms with van der Waals surface area (Å²) < 4.78 is 0. The molecule has 0 radical (unpaired) electrons. The highest BCUT2D eigenvalue weighted by atomic mass is 35.5. The van der Waals surface area contributed by atoms with Crippen molar-refractivity contribution in [2.24, 2.45) is 5.73 Å².